The first-order valence-corrected chi connectivity index (χ1v) is 14.6. The van der Waals surface area contributed by atoms with E-state index in [1.807, 2.05) is 0 Å². The summed E-state index contributed by atoms with van der Waals surface area (Å²) in [6, 6.07) is 4.84. The molecule has 0 aliphatic carbocycles. The summed E-state index contributed by atoms with van der Waals surface area (Å²) in [5.41, 5.74) is -0.642. The number of hydrogen-bond acceptors (Lipinski definition) is 8. The number of anilines is 1. The first kappa shape index (κ1) is 30.3. The van der Waals surface area contributed by atoms with E-state index in [2.05, 4.69) is 19.9 Å². The third kappa shape index (κ3) is 5.51. The van der Waals surface area contributed by atoms with Crippen LogP contribution in [-0.4, -0.2) is 83.0 Å². The number of halogens is 6. The Morgan fingerprint density at radius 1 is 1.16 bits per heavy atom. The van der Waals surface area contributed by atoms with E-state index in [1.54, 1.807) is 6.92 Å². The number of ether oxygens (including phenoxy) is 2. The fourth-order valence-corrected chi connectivity index (χ4v) is 6.47. The van der Waals surface area contributed by atoms with E-state index in [-0.39, 0.29) is 62.6 Å². The molecule has 4 aromatic rings. The molecule has 2 aromatic heterocycles. The molecule has 3 aliphatic heterocycles. The van der Waals surface area contributed by atoms with Crippen molar-refractivity contribution in [1.29, 1.82) is 0 Å². The van der Waals surface area contributed by atoms with E-state index in [0.29, 0.717) is 18.0 Å². The number of benzene rings is 2. The van der Waals surface area contributed by atoms with Gasteiger partial charge in [0.05, 0.1) is 24.7 Å². The monoisotopic (exact) mass is 637 g/mol. The highest BCUT2D eigenvalue weighted by Crippen LogP contribution is 2.44. The minimum absolute atomic E-state index is 0.00962. The lowest BCUT2D eigenvalue weighted by atomic mass is 9.99. The van der Waals surface area contributed by atoms with Crippen molar-refractivity contribution in [2.75, 3.05) is 38.3 Å². The Morgan fingerprint density at radius 3 is 2.68 bits per heavy atom. The first-order valence-electron chi connectivity index (χ1n) is 14.2. The highest BCUT2D eigenvalue weighted by molar-refractivity contribution is 6.37. The van der Waals surface area contributed by atoms with Crippen molar-refractivity contribution in [2.45, 2.75) is 50.9 Å². The summed E-state index contributed by atoms with van der Waals surface area (Å²) in [4.78, 5) is 16.2. The van der Waals surface area contributed by atoms with Crippen LogP contribution in [0.25, 0.3) is 32.9 Å². The van der Waals surface area contributed by atoms with Crippen LogP contribution in [0.4, 0.5) is 27.8 Å². The number of methoxy groups -OCH3 is 1. The van der Waals surface area contributed by atoms with Crippen LogP contribution in [0.5, 0.6) is 17.6 Å². The Morgan fingerprint density at radius 2 is 1.95 bits per heavy atom. The molecule has 2 saturated heterocycles. The number of pyridine rings is 1. The summed E-state index contributed by atoms with van der Waals surface area (Å²) in [5, 5.41) is 10.4. The Balaban J connectivity index is 0.000000323. The summed E-state index contributed by atoms with van der Waals surface area (Å²) in [6.07, 6.45) is 0.107. The predicted octanol–water partition coefficient (Wildman–Crippen LogP) is 6.54. The van der Waals surface area contributed by atoms with E-state index in [1.165, 1.54) is 43.1 Å². The van der Waals surface area contributed by atoms with Gasteiger partial charge in [-0.25, -0.2) is 26.9 Å². The van der Waals surface area contributed by atoms with Gasteiger partial charge in [-0.3, -0.25) is 4.90 Å². The van der Waals surface area contributed by atoms with Crippen molar-refractivity contribution in [2.24, 2.45) is 0 Å². The molecule has 0 bridgehead atoms. The number of fused-ring (bicyclic) bond motifs is 2. The lowest BCUT2D eigenvalue weighted by Crippen LogP contribution is -2.40. The maximum atomic E-state index is 16.1. The van der Waals surface area contributed by atoms with Crippen LogP contribution in [0, 0.1) is 11.6 Å². The van der Waals surface area contributed by atoms with E-state index in [9.17, 15) is 22.7 Å². The highest BCUT2D eigenvalue weighted by atomic mass is 35.5. The molecule has 44 heavy (non-hydrogen) atoms. The van der Waals surface area contributed by atoms with Gasteiger partial charge >= 0.3 is 6.01 Å². The fourth-order valence-electron chi connectivity index (χ4n) is 6.19. The van der Waals surface area contributed by atoms with Gasteiger partial charge in [0.2, 0.25) is 5.88 Å². The molecule has 0 saturated carbocycles. The molecule has 8 nitrogen and oxygen atoms in total. The third-order valence-electron chi connectivity index (χ3n) is 8.20. The van der Waals surface area contributed by atoms with Crippen LogP contribution >= 0.6 is 11.6 Å². The molecule has 234 valence electrons. The van der Waals surface area contributed by atoms with Gasteiger partial charge < -0.3 is 19.5 Å². The van der Waals surface area contributed by atoms with Crippen LogP contribution in [0.15, 0.2) is 24.3 Å². The molecule has 0 amide bonds. The van der Waals surface area contributed by atoms with Gasteiger partial charge in [0.1, 0.15) is 46.8 Å². The molecule has 2 fully saturated rings. The summed E-state index contributed by atoms with van der Waals surface area (Å²) in [7, 11) is 1.26. The number of nitrogens with zero attached hydrogens (tertiary/aromatic N) is 5. The lowest BCUT2D eigenvalue weighted by molar-refractivity contribution is 0.149. The number of phenolic OH excluding ortho intramolecular Hbond substituents is 1. The maximum Gasteiger partial charge on any atom is 0.318 e. The average Bonchev–Trinajstić information content (AvgIpc) is 3.54. The van der Waals surface area contributed by atoms with Gasteiger partial charge in [-0.15, -0.1) is 0 Å². The zero-order chi connectivity index (χ0) is 31.3. The maximum absolute atomic E-state index is 16.1. The van der Waals surface area contributed by atoms with Crippen molar-refractivity contribution in [3.05, 3.63) is 40.9 Å². The van der Waals surface area contributed by atoms with Crippen molar-refractivity contribution in [3.63, 3.8) is 0 Å². The zero-order valence-corrected chi connectivity index (χ0v) is 24.6. The summed E-state index contributed by atoms with van der Waals surface area (Å²) >= 11 is 6.21. The van der Waals surface area contributed by atoms with Gasteiger partial charge in [-0.2, -0.15) is 9.97 Å². The molecular formula is C30H29ClF5N5O3. The number of phenols is 1. The van der Waals surface area contributed by atoms with Crippen LogP contribution in [0.2, 0.25) is 5.02 Å². The van der Waals surface area contributed by atoms with E-state index < -0.39 is 36.8 Å². The molecule has 2 aromatic carbocycles. The molecule has 0 spiro atoms. The summed E-state index contributed by atoms with van der Waals surface area (Å²) in [5.74, 6) is -2.09. The molecular weight excluding hydrogens is 609 g/mol. The number of aromatic nitrogens is 3. The van der Waals surface area contributed by atoms with Crippen molar-refractivity contribution >= 4 is 39.1 Å². The van der Waals surface area contributed by atoms with E-state index in [0.717, 1.165) is 19.0 Å². The van der Waals surface area contributed by atoms with Crippen molar-refractivity contribution < 1.29 is 36.5 Å². The normalized spacial score (nSPS) is 21.3. The van der Waals surface area contributed by atoms with Crippen molar-refractivity contribution in [3.8, 4) is 28.9 Å². The second-order valence-electron chi connectivity index (χ2n) is 11.1. The molecule has 14 heteroatoms. The topological polar surface area (TPSA) is 83.8 Å². The van der Waals surface area contributed by atoms with Gasteiger partial charge in [0.25, 0.3) is 6.43 Å². The Bertz CT molecular complexity index is 1720. The minimum atomic E-state index is -2.71. The van der Waals surface area contributed by atoms with Gasteiger partial charge in [0, 0.05) is 23.5 Å². The molecule has 3 atom stereocenters. The van der Waals surface area contributed by atoms with Crippen molar-refractivity contribution in [1.82, 2.24) is 19.9 Å². The van der Waals surface area contributed by atoms with Crippen LogP contribution in [0.3, 0.4) is 0 Å². The van der Waals surface area contributed by atoms with Crippen LogP contribution in [-0.2, 0) is 0 Å². The van der Waals surface area contributed by atoms with Gasteiger partial charge in [-0.05, 0) is 56.3 Å². The van der Waals surface area contributed by atoms with E-state index in [4.69, 9.17) is 21.1 Å². The largest absolute Gasteiger partial charge is 0.508 e. The minimum Gasteiger partial charge on any atom is -0.508 e. The SMILES string of the molecule is COc1nc2c3c(nc(-c4cc(O)cc5ccc(F)c(Cl)c45)c(F)c3n1)OC[C@H](C)N2CC(F)F.FC1CC2CCCN2C1. The molecule has 0 radical (unpaired) electrons. The standard InChI is InChI=1S/C23H17ClF4N4O3.C7H12FN/c1-9-8-35-22-16-20(30-23(34-2)31-21(16)32(9)7-14(26)27)18(28)19(29-22)12-6-11(33)5-10-3-4-13(25)17(24)15(10)12;8-6-4-7-2-1-3-9(7)5-6/h3-6,9,14,33H,7-8H2,1-2H3;6-7H,1-5H2/t9-;/m0./s1. The quantitative estimate of drug-likeness (QED) is 0.253. The highest BCUT2D eigenvalue weighted by Gasteiger charge is 2.35. The average molecular weight is 638 g/mol. The fraction of sp³-hybridized carbons (Fsp3) is 0.433. The molecule has 5 heterocycles. The second kappa shape index (κ2) is 12.0. The number of alkyl halides is 3. The predicted molar refractivity (Wildman–Crippen MR) is 156 cm³/mol. The van der Waals surface area contributed by atoms with Crippen LogP contribution in [0.1, 0.15) is 26.2 Å². The summed E-state index contributed by atoms with van der Waals surface area (Å²) < 4.78 is 80.6. The smallest absolute Gasteiger partial charge is 0.318 e. The molecule has 1 N–H and O–H groups in total. The molecule has 3 aliphatic rings. The summed E-state index contributed by atoms with van der Waals surface area (Å²) in [6.45, 7) is 2.76. The zero-order valence-electron chi connectivity index (χ0n) is 23.8. The Kier molecular flexibility index (Phi) is 8.27. The van der Waals surface area contributed by atoms with Gasteiger partial charge in [-0.1, -0.05) is 17.7 Å². The third-order valence-corrected chi connectivity index (χ3v) is 8.57. The Labute approximate surface area is 254 Å². The van der Waals surface area contributed by atoms with E-state index >= 15 is 4.39 Å². The second-order valence-corrected chi connectivity index (χ2v) is 11.5. The number of hydrogen-bond donors (Lipinski definition) is 1. The van der Waals surface area contributed by atoms with Gasteiger partial charge in [0.15, 0.2) is 5.82 Å². The molecule has 7 rings (SSSR count). The Hall–Kier alpha value is -3.71. The first-order chi connectivity index (χ1) is 21.0. The lowest BCUT2D eigenvalue weighted by Gasteiger charge is -2.28. The van der Waals surface area contributed by atoms with Crippen LogP contribution < -0.4 is 14.4 Å². The number of aromatic hydroxyl groups is 1. The molecule has 2 unspecified atom stereocenters. The number of rotatable bonds is 4.